The molecule has 22 heavy (non-hydrogen) atoms. The first-order valence-corrected chi connectivity index (χ1v) is 6.41. The van der Waals surface area contributed by atoms with Gasteiger partial charge in [0.15, 0.2) is 5.82 Å². The van der Waals surface area contributed by atoms with E-state index in [0.29, 0.717) is 30.6 Å². The third-order valence-electron chi connectivity index (χ3n) is 2.98. The second-order valence-corrected chi connectivity index (χ2v) is 4.53. The summed E-state index contributed by atoms with van der Waals surface area (Å²) in [5.74, 6) is 0.296. The zero-order valence-electron chi connectivity index (χ0n) is 11.4. The number of nitrogens with two attached hydrogens (primary N) is 1. The van der Waals surface area contributed by atoms with E-state index in [4.69, 9.17) is 11.0 Å². The summed E-state index contributed by atoms with van der Waals surface area (Å²) in [5, 5.41) is 18.1. The van der Waals surface area contributed by atoms with Crippen molar-refractivity contribution >= 4 is 11.6 Å². The fourth-order valence-corrected chi connectivity index (χ4v) is 1.88. The topological polar surface area (TPSA) is 103 Å². The van der Waals surface area contributed by atoms with Gasteiger partial charge in [-0.1, -0.05) is 0 Å². The van der Waals surface area contributed by atoms with Crippen LogP contribution in [-0.2, 0) is 12.6 Å². The van der Waals surface area contributed by atoms with Crippen LogP contribution in [0, 0.1) is 11.3 Å². The van der Waals surface area contributed by atoms with Crippen molar-refractivity contribution in [3.05, 3.63) is 35.2 Å². The maximum atomic E-state index is 12.6. The van der Waals surface area contributed by atoms with Gasteiger partial charge in [0.2, 0.25) is 0 Å². The first-order valence-electron chi connectivity index (χ1n) is 6.41. The van der Waals surface area contributed by atoms with Crippen LogP contribution >= 0.6 is 0 Å². The zero-order chi connectivity index (χ0) is 16.2. The molecule has 6 nitrogen and oxygen atoms in total. The molecule has 0 saturated carbocycles. The van der Waals surface area contributed by atoms with Gasteiger partial charge in [0.05, 0.1) is 11.3 Å². The van der Waals surface area contributed by atoms with Gasteiger partial charge in [-0.15, -0.1) is 0 Å². The van der Waals surface area contributed by atoms with Crippen LogP contribution in [0.2, 0.25) is 0 Å². The van der Waals surface area contributed by atoms with Gasteiger partial charge in [-0.3, -0.25) is 5.10 Å². The van der Waals surface area contributed by atoms with Crippen LogP contribution in [-0.4, -0.2) is 21.7 Å². The van der Waals surface area contributed by atoms with E-state index in [2.05, 4.69) is 20.5 Å². The van der Waals surface area contributed by atoms with Gasteiger partial charge >= 0.3 is 6.18 Å². The Labute approximate surface area is 124 Å². The number of H-pyrrole nitrogens is 1. The second-order valence-electron chi connectivity index (χ2n) is 4.53. The Kier molecular flexibility index (Phi) is 4.50. The summed E-state index contributed by atoms with van der Waals surface area (Å²) >= 11 is 0. The highest BCUT2D eigenvalue weighted by atomic mass is 19.4. The molecule has 2 heterocycles. The van der Waals surface area contributed by atoms with Crippen molar-refractivity contribution in [3.8, 4) is 6.07 Å². The van der Waals surface area contributed by atoms with Gasteiger partial charge in [-0.2, -0.15) is 23.5 Å². The normalized spacial score (nSPS) is 11.2. The number of nitrogens with one attached hydrogen (secondary N) is 2. The summed E-state index contributed by atoms with van der Waals surface area (Å²) in [7, 11) is 0. The van der Waals surface area contributed by atoms with Crippen LogP contribution < -0.4 is 11.1 Å². The molecule has 0 spiro atoms. The van der Waals surface area contributed by atoms with E-state index in [1.807, 2.05) is 6.07 Å². The standard InChI is InChI=1S/C13H13F3N6/c14-13(15,16)8-3-5-20-11(6-8)19-4-1-2-10-9(7-17)12(18)22-21-10/h3,5-6H,1-2,4H2,(H,19,20)(H3,18,21,22). The molecule has 0 atom stereocenters. The Morgan fingerprint density at radius 2 is 2.18 bits per heavy atom. The van der Waals surface area contributed by atoms with Crippen molar-refractivity contribution in [1.82, 2.24) is 15.2 Å². The Balaban J connectivity index is 1.88. The minimum atomic E-state index is -4.39. The van der Waals surface area contributed by atoms with Crippen molar-refractivity contribution in [2.24, 2.45) is 0 Å². The molecule has 0 radical (unpaired) electrons. The molecule has 0 aromatic carbocycles. The highest BCUT2D eigenvalue weighted by Gasteiger charge is 2.30. The maximum Gasteiger partial charge on any atom is 0.416 e. The summed E-state index contributed by atoms with van der Waals surface area (Å²) in [4.78, 5) is 3.83. The van der Waals surface area contributed by atoms with Crippen LogP contribution in [0.15, 0.2) is 18.3 Å². The fourth-order valence-electron chi connectivity index (χ4n) is 1.88. The number of hydrogen-bond donors (Lipinski definition) is 3. The molecule has 0 bridgehead atoms. The molecule has 0 aliphatic heterocycles. The molecule has 0 unspecified atom stereocenters. The summed E-state index contributed by atoms with van der Waals surface area (Å²) in [6.45, 7) is 0.401. The molecular weight excluding hydrogens is 297 g/mol. The molecule has 116 valence electrons. The lowest BCUT2D eigenvalue weighted by molar-refractivity contribution is -0.137. The van der Waals surface area contributed by atoms with Gasteiger partial charge in [0.25, 0.3) is 0 Å². The second kappa shape index (κ2) is 6.34. The van der Waals surface area contributed by atoms with Crippen LogP contribution in [0.3, 0.4) is 0 Å². The quantitative estimate of drug-likeness (QED) is 0.735. The Morgan fingerprint density at radius 3 is 2.86 bits per heavy atom. The predicted molar refractivity (Wildman–Crippen MR) is 73.8 cm³/mol. The fraction of sp³-hybridized carbons (Fsp3) is 0.308. The van der Waals surface area contributed by atoms with Gasteiger partial charge < -0.3 is 11.1 Å². The van der Waals surface area contributed by atoms with Gasteiger partial charge in [-0.25, -0.2) is 4.98 Å². The van der Waals surface area contributed by atoms with Crippen molar-refractivity contribution in [2.75, 3.05) is 17.6 Å². The lowest BCUT2D eigenvalue weighted by Gasteiger charge is -2.09. The number of nitriles is 1. The first kappa shape index (κ1) is 15.6. The number of hydrogen-bond acceptors (Lipinski definition) is 5. The van der Waals surface area contributed by atoms with Crippen molar-refractivity contribution in [1.29, 1.82) is 5.26 Å². The van der Waals surface area contributed by atoms with Crippen LogP contribution in [0.25, 0.3) is 0 Å². The van der Waals surface area contributed by atoms with Crippen LogP contribution in [0.5, 0.6) is 0 Å². The number of aromatic nitrogens is 3. The first-order chi connectivity index (χ1) is 10.4. The molecular formula is C13H13F3N6. The molecule has 0 fully saturated rings. The van der Waals surface area contributed by atoms with E-state index >= 15 is 0 Å². The Morgan fingerprint density at radius 1 is 1.41 bits per heavy atom. The number of aromatic amines is 1. The third kappa shape index (κ3) is 3.66. The lowest BCUT2D eigenvalue weighted by atomic mass is 10.1. The number of rotatable bonds is 5. The number of nitrogens with zero attached hydrogens (tertiary/aromatic N) is 3. The third-order valence-corrected chi connectivity index (χ3v) is 2.98. The summed E-state index contributed by atoms with van der Waals surface area (Å²) < 4.78 is 37.7. The number of aryl methyl sites for hydroxylation is 1. The van der Waals surface area contributed by atoms with E-state index in [0.717, 1.165) is 18.3 Å². The highest BCUT2D eigenvalue weighted by molar-refractivity contribution is 5.50. The highest BCUT2D eigenvalue weighted by Crippen LogP contribution is 2.29. The molecule has 0 saturated heterocycles. The minimum Gasteiger partial charge on any atom is -0.381 e. The maximum absolute atomic E-state index is 12.6. The smallest absolute Gasteiger partial charge is 0.381 e. The monoisotopic (exact) mass is 310 g/mol. The van der Waals surface area contributed by atoms with E-state index in [1.165, 1.54) is 0 Å². The average Bonchev–Trinajstić information content (AvgIpc) is 2.83. The number of halogens is 3. The molecule has 4 N–H and O–H groups in total. The predicted octanol–water partition coefficient (Wildman–Crippen LogP) is 2.32. The SMILES string of the molecule is N#Cc1c(N)n[nH]c1CCCNc1cc(C(F)(F)F)ccn1. The van der Waals surface area contributed by atoms with Gasteiger partial charge in [-0.05, 0) is 25.0 Å². The molecule has 2 aromatic heterocycles. The number of alkyl halides is 3. The van der Waals surface area contributed by atoms with Gasteiger partial charge in [0, 0.05) is 12.7 Å². The average molecular weight is 310 g/mol. The van der Waals surface area contributed by atoms with E-state index in [9.17, 15) is 13.2 Å². The van der Waals surface area contributed by atoms with Gasteiger partial charge in [0.1, 0.15) is 17.5 Å². The number of nitrogen functional groups attached to an aromatic ring is 1. The van der Waals surface area contributed by atoms with Crippen molar-refractivity contribution < 1.29 is 13.2 Å². The van der Waals surface area contributed by atoms with Crippen molar-refractivity contribution in [3.63, 3.8) is 0 Å². The molecule has 2 aromatic rings. The molecule has 9 heteroatoms. The van der Waals surface area contributed by atoms with E-state index in [-0.39, 0.29) is 11.6 Å². The van der Waals surface area contributed by atoms with E-state index in [1.54, 1.807) is 0 Å². The van der Waals surface area contributed by atoms with Crippen LogP contribution in [0.4, 0.5) is 24.8 Å². The summed E-state index contributed by atoms with van der Waals surface area (Å²) in [6.07, 6.45) is -2.21. The number of anilines is 2. The Bertz CT molecular complexity index is 686. The molecule has 0 aliphatic rings. The molecule has 0 aliphatic carbocycles. The largest absolute Gasteiger partial charge is 0.416 e. The summed E-state index contributed by atoms with van der Waals surface area (Å²) in [6, 6.07) is 3.82. The minimum absolute atomic E-state index is 0.144. The zero-order valence-corrected chi connectivity index (χ0v) is 11.4. The van der Waals surface area contributed by atoms with E-state index < -0.39 is 11.7 Å². The Hall–Kier alpha value is -2.76. The summed E-state index contributed by atoms with van der Waals surface area (Å²) in [5.41, 5.74) is 5.67. The molecule has 2 rings (SSSR count). The number of pyridine rings is 1. The molecule has 0 amide bonds. The van der Waals surface area contributed by atoms with Crippen LogP contribution in [0.1, 0.15) is 23.2 Å². The lowest BCUT2D eigenvalue weighted by Crippen LogP contribution is -2.09. The van der Waals surface area contributed by atoms with Crippen molar-refractivity contribution in [2.45, 2.75) is 19.0 Å².